The zero-order valence-corrected chi connectivity index (χ0v) is 6.76. The standard InChI is InChI=1S/C7H7NO2S/c1-5-8-4-6(11-5)2-3-7(9)10/h2-4H,1H3,(H,9,10). The molecule has 0 fully saturated rings. The summed E-state index contributed by atoms with van der Waals surface area (Å²) in [6, 6.07) is 0. The Bertz CT molecular complexity index is 290. The minimum absolute atomic E-state index is 0.866. The third-order valence-electron chi connectivity index (χ3n) is 1.03. The Balaban J connectivity index is 2.71. The van der Waals surface area contributed by atoms with Crippen LogP contribution in [0.15, 0.2) is 12.3 Å². The van der Waals surface area contributed by atoms with Gasteiger partial charge in [-0.15, -0.1) is 11.3 Å². The lowest BCUT2D eigenvalue weighted by Gasteiger charge is -1.78. The monoisotopic (exact) mass is 169 g/mol. The van der Waals surface area contributed by atoms with Crippen LogP contribution >= 0.6 is 11.3 Å². The highest BCUT2D eigenvalue weighted by atomic mass is 32.1. The highest BCUT2D eigenvalue weighted by Crippen LogP contribution is 2.12. The van der Waals surface area contributed by atoms with Crippen LogP contribution in [0.3, 0.4) is 0 Å². The number of rotatable bonds is 2. The van der Waals surface area contributed by atoms with Crippen molar-refractivity contribution in [3.63, 3.8) is 0 Å². The first-order valence-corrected chi connectivity index (χ1v) is 3.83. The normalized spacial score (nSPS) is 10.6. The van der Waals surface area contributed by atoms with Crippen molar-refractivity contribution in [2.75, 3.05) is 0 Å². The van der Waals surface area contributed by atoms with Gasteiger partial charge >= 0.3 is 5.97 Å². The molecule has 1 aromatic heterocycles. The van der Waals surface area contributed by atoms with E-state index in [4.69, 9.17) is 5.11 Å². The molecule has 0 unspecified atom stereocenters. The summed E-state index contributed by atoms with van der Waals surface area (Å²) >= 11 is 1.47. The van der Waals surface area contributed by atoms with Crippen molar-refractivity contribution in [2.24, 2.45) is 0 Å². The number of aryl methyl sites for hydroxylation is 1. The number of hydrogen-bond donors (Lipinski definition) is 1. The average Bonchev–Trinajstić information content (AvgIpc) is 2.31. The van der Waals surface area contributed by atoms with Gasteiger partial charge in [0.1, 0.15) is 0 Å². The average molecular weight is 169 g/mol. The summed E-state index contributed by atoms with van der Waals surface area (Å²) in [5, 5.41) is 9.22. The molecule has 11 heavy (non-hydrogen) atoms. The lowest BCUT2D eigenvalue weighted by atomic mass is 10.4. The van der Waals surface area contributed by atoms with Crippen LogP contribution in [0.5, 0.6) is 0 Å². The van der Waals surface area contributed by atoms with Crippen LogP contribution in [0.4, 0.5) is 0 Å². The third-order valence-corrected chi connectivity index (χ3v) is 1.91. The molecule has 0 saturated carbocycles. The predicted molar refractivity (Wildman–Crippen MR) is 43.5 cm³/mol. The molecule has 0 amide bonds. The van der Waals surface area contributed by atoms with Gasteiger partial charge in [0.2, 0.25) is 0 Å². The first-order valence-electron chi connectivity index (χ1n) is 3.02. The van der Waals surface area contributed by atoms with Gasteiger partial charge in [-0.25, -0.2) is 9.78 Å². The van der Waals surface area contributed by atoms with E-state index >= 15 is 0 Å². The minimum Gasteiger partial charge on any atom is -0.478 e. The molecule has 4 heteroatoms. The van der Waals surface area contributed by atoms with Gasteiger partial charge in [-0.1, -0.05) is 0 Å². The minimum atomic E-state index is -0.934. The summed E-state index contributed by atoms with van der Waals surface area (Å²) in [6.45, 7) is 1.88. The molecule has 0 spiro atoms. The highest BCUT2D eigenvalue weighted by molar-refractivity contribution is 7.12. The van der Waals surface area contributed by atoms with Crippen molar-refractivity contribution in [1.82, 2.24) is 4.98 Å². The molecule has 1 rings (SSSR count). The molecule has 3 nitrogen and oxygen atoms in total. The van der Waals surface area contributed by atoms with Crippen molar-refractivity contribution in [3.05, 3.63) is 22.2 Å². The number of carboxylic acids is 1. The Hall–Kier alpha value is -1.16. The quantitative estimate of drug-likeness (QED) is 0.683. The Morgan fingerprint density at radius 3 is 3.00 bits per heavy atom. The summed E-state index contributed by atoms with van der Waals surface area (Å²) in [5.74, 6) is -0.934. The van der Waals surface area contributed by atoms with Gasteiger partial charge in [-0.05, 0) is 13.0 Å². The molecule has 0 aliphatic rings. The number of hydrogen-bond acceptors (Lipinski definition) is 3. The second-order valence-electron chi connectivity index (χ2n) is 1.95. The molecule has 0 radical (unpaired) electrons. The Morgan fingerprint density at radius 2 is 2.55 bits per heavy atom. The molecule has 0 bridgehead atoms. The largest absolute Gasteiger partial charge is 0.478 e. The zero-order chi connectivity index (χ0) is 8.27. The summed E-state index contributed by atoms with van der Waals surface area (Å²) < 4.78 is 0. The maximum absolute atomic E-state index is 10.1. The molecule has 1 N–H and O–H groups in total. The second kappa shape index (κ2) is 3.30. The SMILES string of the molecule is Cc1ncc(C=CC(=O)O)s1. The predicted octanol–water partition coefficient (Wildman–Crippen LogP) is 1.55. The van der Waals surface area contributed by atoms with Crippen molar-refractivity contribution in [3.8, 4) is 0 Å². The molecule has 58 valence electrons. The number of aliphatic carboxylic acids is 1. The fourth-order valence-electron chi connectivity index (χ4n) is 0.608. The van der Waals surface area contributed by atoms with Crippen LogP contribution < -0.4 is 0 Å². The van der Waals surface area contributed by atoms with Crippen molar-refractivity contribution < 1.29 is 9.90 Å². The number of carboxylic acid groups (broad SMARTS) is 1. The van der Waals surface area contributed by atoms with Gasteiger partial charge in [0, 0.05) is 17.2 Å². The summed E-state index contributed by atoms with van der Waals surface area (Å²) in [4.78, 5) is 14.9. The van der Waals surface area contributed by atoms with E-state index in [2.05, 4.69) is 4.98 Å². The molecule has 0 aliphatic heterocycles. The van der Waals surface area contributed by atoms with Crippen LogP contribution in [-0.2, 0) is 4.79 Å². The highest BCUT2D eigenvalue weighted by Gasteiger charge is 1.93. The van der Waals surface area contributed by atoms with Crippen molar-refractivity contribution in [1.29, 1.82) is 0 Å². The van der Waals surface area contributed by atoms with E-state index in [0.717, 1.165) is 16.0 Å². The number of nitrogens with zero attached hydrogens (tertiary/aromatic N) is 1. The molecule has 1 aromatic rings. The molecule has 0 aliphatic carbocycles. The fourth-order valence-corrected chi connectivity index (χ4v) is 1.30. The van der Waals surface area contributed by atoms with E-state index in [1.165, 1.54) is 17.4 Å². The summed E-state index contributed by atoms with van der Waals surface area (Å²) in [6.07, 6.45) is 4.29. The molecule has 0 aromatic carbocycles. The summed E-state index contributed by atoms with van der Waals surface area (Å²) in [7, 11) is 0. The molecular weight excluding hydrogens is 162 g/mol. The van der Waals surface area contributed by atoms with Gasteiger partial charge in [0.15, 0.2) is 0 Å². The van der Waals surface area contributed by atoms with Crippen LogP contribution in [0.1, 0.15) is 9.88 Å². The Morgan fingerprint density at radius 1 is 1.82 bits per heavy atom. The third kappa shape index (κ3) is 2.51. The van der Waals surface area contributed by atoms with E-state index in [-0.39, 0.29) is 0 Å². The smallest absolute Gasteiger partial charge is 0.328 e. The van der Waals surface area contributed by atoms with Crippen molar-refractivity contribution in [2.45, 2.75) is 6.92 Å². The maximum Gasteiger partial charge on any atom is 0.328 e. The lowest BCUT2D eigenvalue weighted by molar-refractivity contribution is -0.131. The van der Waals surface area contributed by atoms with Crippen LogP contribution in [0, 0.1) is 6.92 Å². The Kier molecular flexibility index (Phi) is 2.38. The van der Waals surface area contributed by atoms with Crippen LogP contribution in [-0.4, -0.2) is 16.1 Å². The first-order chi connectivity index (χ1) is 5.18. The van der Waals surface area contributed by atoms with Crippen molar-refractivity contribution >= 4 is 23.4 Å². The topological polar surface area (TPSA) is 50.2 Å². The van der Waals surface area contributed by atoms with E-state index < -0.39 is 5.97 Å². The van der Waals surface area contributed by atoms with E-state index in [0.29, 0.717) is 0 Å². The van der Waals surface area contributed by atoms with E-state index in [1.807, 2.05) is 6.92 Å². The lowest BCUT2D eigenvalue weighted by Crippen LogP contribution is -1.84. The van der Waals surface area contributed by atoms with Gasteiger partial charge in [0.05, 0.1) is 5.01 Å². The van der Waals surface area contributed by atoms with Crippen LogP contribution in [0.25, 0.3) is 6.08 Å². The second-order valence-corrected chi connectivity index (χ2v) is 3.22. The maximum atomic E-state index is 10.1. The van der Waals surface area contributed by atoms with Gasteiger partial charge in [0.25, 0.3) is 0 Å². The number of thiazole rings is 1. The molecule has 1 heterocycles. The van der Waals surface area contributed by atoms with Gasteiger partial charge in [-0.2, -0.15) is 0 Å². The van der Waals surface area contributed by atoms with Crippen LogP contribution in [0.2, 0.25) is 0 Å². The fraction of sp³-hybridized carbons (Fsp3) is 0.143. The Labute approximate surface area is 68.0 Å². The van der Waals surface area contributed by atoms with E-state index in [1.54, 1.807) is 6.20 Å². The first kappa shape index (κ1) is 7.94. The van der Waals surface area contributed by atoms with E-state index in [9.17, 15) is 4.79 Å². The number of aromatic nitrogens is 1. The summed E-state index contributed by atoms with van der Waals surface area (Å²) in [5.41, 5.74) is 0. The van der Waals surface area contributed by atoms with Gasteiger partial charge in [-0.3, -0.25) is 0 Å². The number of carbonyl (C=O) groups is 1. The molecule has 0 atom stereocenters. The molecule has 0 saturated heterocycles. The zero-order valence-electron chi connectivity index (χ0n) is 5.94. The molecular formula is C7H7NO2S. The van der Waals surface area contributed by atoms with Gasteiger partial charge < -0.3 is 5.11 Å².